The number of rotatable bonds is 12. The fourth-order valence-electron chi connectivity index (χ4n) is 6.99. The molecule has 7 rings (SSSR count). The summed E-state index contributed by atoms with van der Waals surface area (Å²) in [7, 11) is 0.717. The van der Waals surface area contributed by atoms with E-state index >= 15 is 0 Å². The molecular formula is C43H37NO4SSi. The van der Waals surface area contributed by atoms with Crippen LogP contribution in [0.1, 0.15) is 41.1 Å². The van der Waals surface area contributed by atoms with Crippen LogP contribution in [-0.4, -0.2) is 54.1 Å². The molecular weight excluding hydrogens is 655 g/mol. The van der Waals surface area contributed by atoms with Crippen molar-refractivity contribution in [2.75, 3.05) is 18.6 Å². The Kier molecular flexibility index (Phi) is 10.1. The number of carboxylic acids is 1. The van der Waals surface area contributed by atoms with Gasteiger partial charge in [0.1, 0.15) is 5.75 Å². The third kappa shape index (κ3) is 6.79. The van der Waals surface area contributed by atoms with Crippen LogP contribution in [0, 0.1) is 0 Å². The molecule has 0 aliphatic carbocycles. The number of allylic oxidation sites excluding steroid dienone is 2. The highest BCUT2D eigenvalue weighted by Crippen LogP contribution is 2.52. The van der Waals surface area contributed by atoms with Crippen LogP contribution in [0.2, 0.25) is 0 Å². The second-order valence-corrected chi connectivity index (χ2v) is 15.8. The van der Waals surface area contributed by atoms with E-state index in [2.05, 4.69) is 145 Å². The summed E-state index contributed by atoms with van der Waals surface area (Å²) in [5.74, 6) is 0.336. The molecule has 2 heterocycles. The molecule has 2 aliphatic heterocycles. The minimum Gasteiger partial charge on any atom is -0.481 e. The average Bonchev–Trinajstić information content (AvgIpc) is 3.65. The minimum absolute atomic E-state index is 0.0354. The van der Waals surface area contributed by atoms with Gasteiger partial charge in [-0.15, -0.1) is 0 Å². The standard InChI is InChI=1S/C43H37NO4SSi/c1-44-40(32-16-8-3-9-17-32)38(30-14-6-2-7-15-30)43-41(44)39(42(33-18-10-4-11-19-33)50(43)35-20-12-5-13-21-35)31-22-24-34(25-23-31)48-37(47)27-29-49-28-26-36(45)46/h2-25,40H,26-29H2,1H3,(H,45,46). The van der Waals surface area contributed by atoms with E-state index in [1.54, 1.807) is 0 Å². The van der Waals surface area contributed by atoms with Gasteiger partial charge in [0.15, 0.2) is 0 Å². The van der Waals surface area contributed by atoms with E-state index in [0.717, 1.165) is 5.56 Å². The van der Waals surface area contributed by atoms with E-state index in [1.165, 1.54) is 60.8 Å². The van der Waals surface area contributed by atoms with Crippen molar-refractivity contribution < 1.29 is 19.4 Å². The average molecular weight is 692 g/mol. The van der Waals surface area contributed by atoms with Gasteiger partial charge in [0.25, 0.3) is 0 Å². The Bertz CT molecular complexity index is 2090. The molecule has 50 heavy (non-hydrogen) atoms. The van der Waals surface area contributed by atoms with Crippen molar-refractivity contribution >= 4 is 53.6 Å². The van der Waals surface area contributed by atoms with Crippen LogP contribution in [0.3, 0.4) is 0 Å². The summed E-state index contributed by atoms with van der Waals surface area (Å²) in [6.07, 6.45) is 0.303. The van der Waals surface area contributed by atoms with Gasteiger partial charge in [0.05, 0.1) is 27.3 Å². The third-order valence-electron chi connectivity index (χ3n) is 9.12. The van der Waals surface area contributed by atoms with Crippen LogP contribution in [0.25, 0.3) is 11.1 Å². The first-order valence-electron chi connectivity index (χ1n) is 16.8. The largest absolute Gasteiger partial charge is 0.481 e. The van der Waals surface area contributed by atoms with E-state index in [1.807, 2.05) is 12.1 Å². The normalized spacial score (nSPS) is 15.5. The zero-order valence-electron chi connectivity index (χ0n) is 27.8. The van der Waals surface area contributed by atoms with E-state index < -0.39 is 14.4 Å². The molecule has 0 saturated carbocycles. The molecule has 5 nitrogen and oxygen atoms in total. The van der Waals surface area contributed by atoms with Crippen molar-refractivity contribution in [1.82, 2.24) is 4.90 Å². The van der Waals surface area contributed by atoms with Gasteiger partial charge in [-0.1, -0.05) is 133 Å². The molecule has 0 bridgehead atoms. The van der Waals surface area contributed by atoms with Crippen LogP contribution in [0.15, 0.2) is 156 Å². The minimum atomic E-state index is -1.51. The second kappa shape index (κ2) is 15.1. The van der Waals surface area contributed by atoms with Crippen LogP contribution in [0.5, 0.6) is 5.75 Å². The molecule has 0 spiro atoms. The lowest BCUT2D eigenvalue weighted by atomic mass is 9.94. The maximum atomic E-state index is 12.6. The molecule has 248 valence electrons. The number of thioether (sulfide) groups is 1. The molecule has 5 aromatic carbocycles. The number of nitrogens with zero attached hydrogens (tertiary/aromatic N) is 1. The summed E-state index contributed by atoms with van der Waals surface area (Å²) in [6, 6.07) is 51.3. The van der Waals surface area contributed by atoms with E-state index in [-0.39, 0.29) is 24.9 Å². The number of esters is 1. The molecule has 1 N–H and O–H groups in total. The Hall–Kier alpha value is -5.24. The van der Waals surface area contributed by atoms with Gasteiger partial charge in [-0.05, 0) is 55.5 Å². The summed E-state index contributed by atoms with van der Waals surface area (Å²) in [4.78, 5) is 25.9. The first kappa shape index (κ1) is 33.3. The van der Waals surface area contributed by atoms with Gasteiger partial charge in [-0.3, -0.25) is 9.59 Å². The molecule has 0 aromatic heterocycles. The Morgan fingerprint density at radius 2 is 1.26 bits per heavy atom. The second-order valence-electron chi connectivity index (χ2n) is 12.3. The summed E-state index contributed by atoms with van der Waals surface area (Å²) >= 11 is 1.45. The predicted molar refractivity (Wildman–Crippen MR) is 206 cm³/mol. The van der Waals surface area contributed by atoms with Crippen molar-refractivity contribution in [2.24, 2.45) is 0 Å². The van der Waals surface area contributed by atoms with E-state index in [4.69, 9.17) is 9.84 Å². The number of hydrogen-bond acceptors (Lipinski definition) is 5. The summed E-state index contributed by atoms with van der Waals surface area (Å²) in [6.45, 7) is 0. The smallest absolute Gasteiger partial charge is 0.312 e. The molecule has 1 unspecified atom stereocenters. The number of likely N-dealkylation sites (N-methyl/N-ethyl adjacent to an activating group) is 1. The highest BCUT2D eigenvalue weighted by atomic mass is 32.2. The molecule has 0 radical (unpaired) electrons. The van der Waals surface area contributed by atoms with Crippen LogP contribution in [-0.2, 0) is 9.59 Å². The van der Waals surface area contributed by atoms with Crippen molar-refractivity contribution in [2.45, 2.75) is 18.9 Å². The number of carboxylic acid groups (broad SMARTS) is 1. The molecule has 0 amide bonds. The highest BCUT2D eigenvalue weighted by Gasteiger charge is 2.44. The third-order valence-corrected chi connectivity index (χ3v) is 13.1. The quantitative estimate of drug-likeness (QED) is 0.0624. The Morgan fingerprint density at radius 1 is 0.700 bits per heavy atom. The van der Waals surface area contributed by atoms with Gasteiger partial charge in [-0.2, -0.15) is 11.8 Å². The van der Waals surface area contributed by atoms with Gasteiger partial charge >= 0.3 is 11.9 Å². The number of aliphatic carboxylic acids is 1. The SMILES string of the molecule is CN1C2=C(c3ccc(OC(=O)CCSCCC(=O)O)cc3)C(c3ccccc3)=[Si](c3ccccc3)C2=C(c2ccccc2)C1c1ccccc1. The monoisotopic (exact) mass is 691 g/mol. The van der Waals surface area contributed by atoms with Crippen LogP contribution < -0.4 is 9.92 Å². The number of carbonyl (C=O) groups excluding carboxylic acids is 1. The Balaban J connectivity index is 1.38. The number of hydrogen-bond donors (Lipinski definition) is 1. The fraction of sp³-hybridized carbons (Fsp3) is 0.140. The number of ether oxygens (including phenoxy) is 1. The molecule has 7 heteroatoms. The first-order valence-corrected chi connectivity index (χ1v) is 19.4. The molecule has 1 atom stereocenters. The zero-order chi connectivity index (χ0) is 34.5. The van der Waals surface area contributed by atoms with Crippen LogP contribution >= 0.6 is 11.8 Å². The highest BCUT2D eigenvalue weighted by molar-refractivity contribution is 7.99. The maximum absolute atomic E-state index is 12.6. The van der Waals surface area contributed by atoms with Gasteiger partial charge in [0, 0.05) is 29.8 Å². The van der Waals surface area contributed by atoms with Gasteiger partial charge < -0.3 is 14.7 Å². The number of benzene rings is 5. The molecule has 0 fully saturated rings. The lowest BCUT2D eigenvalue weighted by Crippen LogP contribution is -2.30. The Morgan fingerprint density at radius 3 is 1.88 bits per heavy atom. The van der Waals surface area contributed by atoms with Gasteiger partial charge in [-0.25, -0.2) is 0 Å². The first-order chi connectivity index (χ1) is 24.5. The van der Waals surface area contributed by atoms with Crippen molar-refractivity contribution in [3.8, 4) is 5.75 Å². The van der Waals surface area contributed by atoms with Gasteiger partial charge in [0.2, 0.25) is 0 Å². The maximum Gasteiger partial charge on any atom is 0.312 e. The van der Waals surface area contributed by atoms with Crippen molar-refractivity contribution in [3.05, 3.63) is 179 Å². The van der Waals surface area contributed by atoms with Crippen molar-refractivity contribution in [1.29, 1.82) is 0 Å². The number of fused-ring (bicyclic) bond motifs is 1. The number of carbonyl (C=O) groups is 2. The van der Waals surface area contributed by atoms with Crippen molar-refractivity contribution in [3.63, 3.8) is 0 Å². The fourth-order valence-corrected chi connectivity index (χ4v) is 11.2. The van der Waals surface area contributed by atoms with E-state index in [0.29, 0.717) is 17.3 Å². The predicted octanol–water partition coefficient (Wildman–Crippen LogP) is 7.80. The lowest BCUT2D eigenvalue weighted by Gasteiger charge is -2.28. The molecule has 5 aromatic rings. The Labute approximate surface area is 298 Å². The molecule has 0 saturated heterocycles. The zero-order valence-corrected chi connectivity index (χ0v) is 29.6. The summed E-state index contributed by atoms with van der Waals surface area (Å²) < 4.78 is 5.71. The topological polar surface area (TPSA) is 66.8 Å². The van der Waals surface area contributed by atoms with E-state index in [9.17, 15) is 9.59 Å². The molecule has 2 aliphatic rings. The summed E-state index contributed by atoms with van der Waals surface area (Å²) in [5.41, 5.74) is 8.58. The van der Waals surface area contributed by atoms with Crippen LogP contribution in [0.4, 0.5) is 0 Å². The summed E-state index contributed by atoms with van der Waals surface area (Å²) in [5, 5.41) is 12.9. The lowest BCUT2D eigenvalue weighted by molar-refractivity contribution is -0.136.